The highest BCUT2D eigenvalue weighted by molar-refractivity contribution is 9.10. The van der Waals surface area contributed by atoms with Crippen LogP contribution in [0.5, 0.6) is 5.88 Å². The summed E-state index contributed by atoms with van der Waals surface area (Å²) in [5, 5.41) is 13.6. The fourth-order valence-corrected chi connectivity index (χ4v) is 2.06. The summed E-state index contributed by atoms with van der Waals surface area (Å²) in [6.07, 6.45) is -2.04. The van der Waals surface area contributed by atoms with Crippen LogP contribution >= 0.6 is 15.9 Å². The molecule has 0 aliphatic rings. The Hall–Kier alpha value is -2.43. The van der Waals surface area contributed by atoms with Crippen molar-refractivity contribution >= 4 is 27.4 Å². The molecule has 0 aliphatic heterocycles. The van der Waals surface area contributed by atoms with Gasteiger partial charge in [-0.2, -0.15) is 13.2 Å². The van der Waals surface area contributed by atoms with Gasteiger partial charge in [-0.15, -0.1) is 0 Å². The van der Waals surface area contributed by atoms with Crippen molar-refractivity contribution in [1.82, 2.24) is 9.97 Å². The molecular formula is C13H10BrF3N4O3. The topological polar surface area (TPSA) is 90.2 Å². The van der Waals surface area contributed by atoms with Crippen molar-refractivity contribution in [2.24, 2.45) is 0 Å². The van der Waals surface area contributed by atoms with Crippen molar-refractivity contribution in [3.05, 3.63) is 50.7 Å². The van der Waals surface area contributed by atoms with Gasteiger partial charge in [0.15, 0.2) is 0 Å². The number of nitrogens with zero attached hydrogens (tertiary/aromatic N) is 3. The molecule has 2 heterocycles. The second-order valence-corrected chi connectivity index (χ2v) is 5.32. The zero-order valence-electron chi connectivity index (χ0n) is 11.9. The number of rotatable bonds is 6. The molecule has 7 nitrogen and oxygen atoms in total. The molecule has 0 saturated carbocycles. The lowest BCUT2D eigenvalue weighted by molar-refractivity contribution is -0.384. The molecule has 0 bridgehead atoms. The first-order valence-corrected chi connectivity index (χ1v) is 7.27. The Balaban J connectivity index is 1.99. The van der Waals surface area contributed by atoms with E-state index in [2.05, 4.69) is 31.2 Å². The largest absolute Gasteiger partial charge is 0.475 e. The van der Waals surface area contributed by atoms with Crippen LogP contribution in [0.1, 0.15) is 5.56 Å². The number of nitro groups is 1. The first-order valence-electron chi connectivity index (χ1n) is 6.48. The van der Waals surface area contributed by atoms with Crippen LogP contribution in [-0.4, -0.2) is 28.0 Å². The second-order valence-electron chi connectivity index (χ2n) is 4.41. The first-order chi connectivity index (χ1) is 11.3. The van der Waals surface area contributed by atoms with Gasteiger partial charge in [-0.1, -0.05) is 0 Å². The number of pyridine rings is 2. The zero-order chi connectivity index (χ0) is 17.7. The van der Waals surface area contributed by atoms with Gasteiger partial charge in [0.2, 0.25) is 11.7 Å². The van der Waals surface area contributed by atoms with E-state index in [9.17, 15) is 23.3 Å². The van der Waals surface area contributed by atoms with Crippen LogP contribution in [0.4, 0.5) is 24.7 Å². The fraction of sp³-hybridized carbons (Fsp3) is 0.231. The third-order valence-electron chi connectivity index (χ3n) is 2.74. The molecule has 0 fully saturated rings. The highest BCUT2D eigenvalue weighted by atomic mass is 79.9. The molecule has 2 aromatic rings. The van der Waals surface area contributed by atoms with Crippen molar-refractivity contribution in [2.75, 3.05) is 18.5 Å². The van der Waals surface area contributed by atoms with Crippen LogP contribution in [0.3, 0.4) is 0 Å². The standard InChI is InChI=1S/C13H10BrF3N4O3/c14-8-6-10(21(22)23)11(20-7-8)18-4-5-24-12-9(13(15,16)17)2-1-3-19-12/h1-3,6-7H,4-5H2,(H,18,20). The lowest BCUT2D eigenvalue weighted by Gasteiger charge is -2.12. The SMILES string of the molecule is O=[N+]([O-])c1cc(Br)cnc1NCCOc1ncccc1C(F)(F)F. The van der Waals surface area contributed by atoms with Gasteiger partial charge in [0, 0.05) is 22.9 Å². The summed E-state index contributed by atoms with van der Waals surface area (Å²) >= 11 is 3.07. The molecule has 0 atom stereocenters. The predicted molar refractivity (Wildman–Crippen MR) is 81.8 cm³/mol. The van der Waals surface area contributed by atoms with Gasteiger partial charge in [0.1, 0.15) is 12.2 Å². The average Bonchev–Trinajstić information content (AvgIpc) is 2.52. The summed E-state index contributed by atoms with van der Waals surface area (Å²) in [7, 11) is 0. The summed E-state index contributed by atoms with van der Waals surface area (Å²) in [6, 6.07) is 3.27. The van der Waals surface area contributed by atoms with E-state index in [1.54, 1.807) is 0 Å². The Kier molecular flexibility index (Phi) is 5.54. The van der Waals surface area contributed by atoms with Crippen LogP contribution in [0.2, 0.25) is 0 Å². The molecule has 11 heteroatoms. The van der Waals surface area contributed by atoms with Gasteiger partial charge in [0.05, 0.1) is 11.5 Å². The fourth-order valence-electron chi connectivity index (χ4n) is 1.74. The number of hydrogen-bond donors (Lipinski definition) is 1. The van der Waals surface area contributed by atoms with Crippen LogP contribution in [-0.2, 0) is 6.18 Å². The first kappa shape index (κ1) is 17.9. The molecule has 2 rings (SSSR count). The van der Waals surface area contributed by atoms with E-state index in [4.69, 9.17) is 4.74 Å². The van der Waals surface area contributed by atoms with Gasteiger partial charge in [-0.25, -0.2) is 9.97 Å². The molecule has 0 aliphatic carbocycles. The van der Waals surface area contributed by atoms with Crippen molar-refractivity contribution in [3.63, 3.8) is 0 Å². The number of ether oxygens (including phenoxy) is 1. The highest BCUT2D eigenvalue weighted by Gasteiger charge is 2.35. The number of aromatic nitrogens is 2. The minimum Gasteiger partial charge on any atom is -0.475 e. The van der Waals surface area contributed by atoms with Crippen molar-refractivity contribution in [3.8, 4) is 5.88 Å². The molecule has 0 unspecified atom stereocenters. The van der Waals surface area contributed by atoms with Gasteiger partial charge in [-0.3, -0.25) is 10.1 Å². The van der Waals surface area contributed by atoms with E-state index >= 15 is 0 Å². The van der Waals surface area contributed by atoms with Gasteiger partial charge < -0.3 is 10.1 Å². The Morgan fingerprint density at radius 1 is 1.38 bits per heavy atom. The average molecular weight is 407 g/mol. The smallest absolute Gasteiger partial charge is 0.421 e. The van der Waals surface area contributed by atoms with Crippen LogP contribution < -0.4 is 10.1 Å². The quantitative estimate of drug-likeness (QED) is 0.447. The summed E-state index contributed by atoms with van der Waals surface area (Å²) < 4.78 is 43.8. The highest BCUT2D eigenvalue weighted by Crippen LogP contribution is 2.34. The van der Waals surface area contributed by atoms with Gasteiger partial charge in [-0.05, 0) is 28.1 Å². The summed E-state index contributed by atoms with van der Waals surface area (Å²) in [6.45, 7) is -0.182. The minimum absolute atomic E-state index is 0.00332. The Bertz CT molecular complexity index is 743. The molecule has 0 radical (unpaired) electrons. The molecule has 2 aromatic heterocycles. The molecule has 24 heavy (non-hydrogen) atoms. The Labute approximate surface area is 142 Å². The summed E-state index contributed by atoms with van der Waals surface area (Å²) in [5.41, 5.74) is -1.25. The van der Waals surface area contributed by atoms with E-state index in [0.717, 1.165) is 12.1 Å². The van der Waals surface area contributed by atoms with E-state index in [1.165, 1.54) is 18.5 Å². The summed E-state index contributed by atoms with van der Waals surface area (Å²) in [5.74, 6) is -0.561. The third kappa shape index (κ3) is 4.54. The predicted octanol–water partition coefficient (Wildman–Crippen LogP) is 3.66. The molecule has 128 valence electrons. The minimum atomic E-state index is -4.58. The molecule has 0 aromatic carbocycles. The lowest BCUT2D eigenvalue weighted by Crippen LogP contribution is -2.16. The number of alkyl halides is 3. The normalized spacial score (nSPS) is 11.2. The van der Waals surface area contributed by atoms with Gasteiger partial charge in [0.25, 0.3) is 0 Å². The Morgan fingerprint density at radius 2 is 2.12 bits per heavy atom. The maximum Gasteiger partial charge on any atom is 0.421 e. The van der Waals surface area contributed by atoms with Crippen molar-refractivity contribution in [2.45, 2.75) is 6.18 Å². The number of nitrogens with one attached hydrogen (secondary N) is 1. The van der Waals surface area contributed by atoms with E-state index in [1.807, 2.05) is 0 Å². The number of anilines is 1. The van der Waals surface area contributed by atoms with E-state index in [0.29, 0.717) is 4.47 Å². The monoisotopic (exact) mass is 406 g/mol. The van der Waals surface area contributed by atoms with Crippen LogP contribution in [0, 0.1) is 10.1 Å². The summed E-state index contributed by atoms with van der Waals surface area (Å²) in [4.78, 5) is 17.7. The van der Waals surface area contributed by atoms with Crippen molar-refractivity contribution in [1.29, 1.82) is 0 Å². The van der Waals surface area contributed by atoms with Crippen LogP contribution in [0.25, 0.3) is 0 Å². The van der Waals surface area contributed by atoms with Crippen LogP contribution in [0.15, 0.2) is 35.1 Å². The lowest BCUT2D eigenvalue weighted by atomic mass is 10.2. The maximum absolute atomic E-state index is 12.8. The van der Waals surface area contributed by atoms with Crippen molar-refractivity contribution < 1.29 is 22.8 Å². The number of halogens is 4. The molecule has 1 N–H and O–H groups in total. The van der Waals surface area contributed by atoms with E-state index in [-0.39, 0.29) is 24.7 Å². The third-order valence-corrected chi connectivity index (χ3v) is 3.17. The molecule has 0 saturated heterocycles. The zero-order valence-corrected chi connectivity index (χ0v) is 13.5. The molecular weight excluding hydrogens is 397 g/mol. The molecule has 0 spiro atoms. The van der Waals surface area contributed by atoms with Gasteiger partial charge >= 0.3 is 11.9 Å². The number of hydrogen-bond acceptors (Lipinski definition) is 6. The second kappa shape index (κ2) is 7.43. The van der Waals surface area contributed by atoms with E-state index < -0.39 is 22.5 Å². The molecule has 0 amide bonds. The Morgan fingerprint density at radius 3 is 2.79 bits per heavy atom. The maximum atomic E-state index is 12.8.